The minimum absolute atomic E-state index is 0.118. The average molecular weight is 891 g/mol. The smallest absolute Gasteiger partial charge is 0.435 e. The average Bonchev–Trinajstić information content (AvgIpc) is 3.76. The Balaban J connectivity index is 1.04. The summed E-state index contributed by atoms with van der Waals surface area (Å²) < 4.78 is 13.9. The van der Waals surface area contributed by atoms with Crippen molar-refractivity contribution in [1.29, 1.82) is 0 Å². The second kappa shape index (κ2) is 22.4. The number of nitrogens with one attached hydrogen (secondary N) is 1. The first-order valence-corrected chi connectivity index (χ1v) is 23.5. The molecule has 2 aromatic heterocycles. The van der Waals surface area contributed by atoms with E-state index in [-0.39, 0.29) is 43.0 Å². The van der Waals surface area contributed by atoms with Crippen LogP contribution in [0.2, 0.25) is 0 Å². The molecule has 3 aliphatic heterocycles. The highest BCUT2D eigenvalue weighted by Crippen LogP contribution is 2.29. The van der Waals surface area contributed by atoms with Gasteiger partial charge in [0, 0.05) is 69.1 Å². The van der Waals surface area contributed by atoms with Crippen molar-refractivity contribution >= 4 is 45.8 Å². The molecule has 348 valence electrons. The molecule has 3 saturated heterocycles. The number of carbonyl (C=O) groups excluding carboxylic acids is 4. The summed E-state index contributed by atoms with van der Waals surface area (Å²) in [4.78, 5) is 76.7. The second-order valence-electron chi connectivity index (χ2n) is 17.9. The van der Waals surface area contributed by atoms with Gasteiger partial charge in [-0.1, -0.05) is 36.4 Å². The summed E-state index contributed by atoms with van der Waals surface area (Å²) in [5.41, 5.74) is 3.39. The van der Waals surface area contributed by atoms with Gasteiger partial charge in [-0.3, -0.25) is 23.9 Å². The molecule has 1 unspecified atom stereocenters. The van der Waals surface area contributed by atoms with Gasteiger partial charge in [0.25, 0.3) is 5.56 Å². The molecule has 0 saturated carbocycles. The van der Waals surface area contributed by atoms with Gasteiger partial charge in [0.2, 0.25) is 5.91 Å². The number of aryl methyl sites for hydroxylation is 1. The number of unbranched alkanes of at least 4 members (excludes halogenated alkanes) is 3. The Labute approximate surface area is 382 Å². The number of urea groups is 1. The number of pyridine rings is 1. The van der Waals surface area contributed by atoms with Crippen LogP contribution in [0, 0.1) is 6.92 Å². The maximum absolute atomic E-state index is 14.5. The number of hydrogen-bond donors (Lipinski definition) is 1. The number of carbonyl (C=O) groups is 4. The zero-order valence-electron chi connectivity index (χ0n) is 38.3. The third-order valence-corrected chi connectivity index (χ3v) is 13.4. The van der Waals surface area contributed by atoms with Crippen molar-refractivity contribution in [2.45, 2.75) is 102 Å². The predicted molar refractivity (Wildman–Crippen MR) is 252 cm³/mol. The summed E-state index contributed by atoms with van der Waals surface area (Å²) in [5, 5.41) is 9.13. The summed E-state index contributed by atoms with van der Waals surface area (Å²) in [6, 6.07) is 12.7. The van der Waals surface area contributed by atoms with Crippen molar-refractivity contribution in [3.63, 3.8) is 0 Å². The molecule has 2 aromatic carbocycles. The molecule has 0 aliphatic carbocycles. The topological polar surface area (TPSA) is 152 Å². The minimum atomic E-state index is -0.838. The maximum Gasteiger partial charge on any atom is 0.435 e. The molecule has 5 heterocycles. The van der Waals surface area contributed by atoms with Crippen molar-refractivity contribution in [2.75, 3.05) is 66.0 Å². The number of esters is 1. The lowest BCUT2D eigenvalue weighted by Gasteiger charge is -2.43. The van der Waals surface area contributed by atoms with Crippen LogP contribution in [0.25, 0.3) is 21.8 Å². The second-order valence-corrected chi connectivity index (χ2v) is 17.9. The van der Waals surface area contributed by atoms with Crippen LogP contribution in [0.15, 0.2) is 78.8 Å². The van der Waals surface area contributed by atoms with E-state index in [0.29, 0.717) is 74.7 Å². The molecule has 15 nitrogen and oxygen atoms in total. The largest absolute Gasteiger partial charge is 0.448 e. The number of ether oxygens (including phenoxy) is 2. The molecular weight excluding hydrogens is 825 g/mol. The quantitative estimate of drug-likeness (QED) is 0.0698. The van der Waals surface area contributed by atoms with Gasteiger partial charge in [0.1, 0.15) is 6.04 Å². The minimum Gasteiger partial charge on any atom is -0.448 e. The fourth-order valence-corrected chi connectivity index (χ4v) is 9.65. The third kappa shape index (κ3) is 11.7. The number of piperidine rings is 2. The number of nitrogens with zero attached hydrogens (tertiary/aromatic N) is 7. The summed E-state index contributed by atoms with van der Waals surface area (Å²) >= 11 is 0. The van der Waals surface area contributed by atoms with Crippen LogP contribution < -0.4 is 10.9 Å². The number of allylic oxidation sites excluding steroid dienone is 2. The normalized spacial score (nSPS) is 17.3. The van der Waals surface area contributed by atoms with Gasteiger partial charge in [-0.2, -0.15) is 9.78 Å². The fourth-order valence-electron chi connectivity index (χ4n) is 9.65. The SMILES string of the molecule is C=CCCCCCOC(=O)n1ncc2cc(CC(NC(=O)N3CCC(c4cc5ccccc5n(COC(=O)CCC=C)c4=O)CC3)C(=O)N3CCN(C4CCN(C)CC4)CC3)cc(C)c21. The Morgan fingerprint density at radius 3 is 2.32 bits per heavy atom. The molecule has 3 aliphatic rings. The van der Waals surface area contributed by atoms with Crippen molar-refractivity contribution < 1.29 is 28.7 Å². The molecule has 0 radical (unpaired) electrons. The number of likely N-dealkylation sites (tertiary alicyclic amines) is 2. The van der Waals surface area contributed by atoms with Crippen LogP contribution in [0.4, 0.5) is 9.59 Å². The van der Waals surface area contributed by atoms with Crippen LogP contribution in [-0.2, 0) is 32.2 Å². The van der Waals surface area contributed by atoms with Crippen LogP contribution >= 0.6 is 0 Å². The van der Waals surface area contributed by atoms with Crippen LogP contribution in [0.5, 0.6) is 0 Å². The Kier molecular flexibility index (Phi) is 16.3. The van der Waals surface area contributed by atoms with Gasteiger partial charge in [-0.15, -0.1) is 13.2 Å². The van der Waals surface area contributed by atoms with Crippen molar-refractivity contribution in [3.05, 3.63) is 101 Å². The van der Waals surface area contributed by atoms with E-state index in [4.69, 9.17) is 9.47 Å². The van der Waals surface area contributed by atoms with E-state index < -0.39 is 18.1 Å². The van der Waals surface area contributed by atoms with Crippen LogP contribution in [-0.4, -0.2) is 136 Å². The molecule has 7 rings (SSSR count). The molecule has 1 atom stereocenters. The molecule has 15 heteroatoms. The fraction of sp³-hybridized carbons (Fsp3) is 0.520. The zero-order valence-corrected chi connectivity index (χ0v) is 38.3. The van der Waals surface area contributed by atoms with E-state index in [1.165, 1.54) is 9.25 Å². The Morgan fingerprint density at radius 2 is 1.58 bits per heavy atom. The number of hydrogen-bond acceptors (Lipinski definition) is 10. The van der Waals surface area contributed by atoms with Gasteiger partial charge in [0.05, 0.1) is 23.8 Å². The molecule has 0 bridgehead atoms. The summed E-state index contributed by atoms with van der Waals surface area (Å²) in [5.74, 6) is -0.640. The van der Waals surface area contributed by atoms with E-state index in [1.807, 2.05) is 60.4 Å². The Bertz CT molecular complexity index is 2390. The highest BCUT2D eigenvalue weighted by Gasteiger charge is 2.34. The molecule has 0 spiro atoms. The van der Waals surface area contributed by atoms with Crippen LogP contribution in [0.1, 0.15) is 86.8 Å². The Morgan fingerprint density at radius 1 is 0.846 bits per heavy atom. The number of fused-ring (bicyclic) bond motifs is 2. The van der Waals surface area contributed by atoms with E-state index in [2.05, 4.69) is 40.4 Å². The molecule has 3 fully saturated rings. The number of para-hydroxylation sites is 1. The Hall–Kier alpha value is -5.80. The van der Waals surface area contributed by atoms with Gasteiger partial charge in [-0.05, 0) is 125 Å². The summed E-state index contributed by atoms with van der Waals surface area (Å²) in [7, 11) is 2.16. The number of aromatic nitrogens is 3. The van der Waals surface area contributed by atoms with E-state index in [9.17, 15) is 24.0 Å². The van der Waals surface area contributed by atoms with Crippen molar-refractivity contribution in [1.82, 2.24) is 39.3 Å². The first kappa shape index (κ1) is 47.2. The molecular formula is C50H66N8O7. The highest BCUT2D eigenvalue weighted by atomic mass is 16.6. The van der Waals surface area contributed by atoms with Gasteiger partial charge >= 0.3 is 18.1 Å². The number of rotatable bonds is 17. The first-order chi connectivity index (χ1) is 31.5. The highest BCUT2D eigenvalue weighted by molar-refractivity contribution is 5.91. The van der Waals surface area contributed by atoms with E-state index >= 15 is 0 Å². The molecule has 65 heavy (non-hydrogen) atoms. The van der Waals surface area contributed by atoms with E-state index in [1.54, 1.807) is 17.2 Å². The number of amides is 3. The molecule has 1 N–H and O–H groups in total. The van der Waals surface area contributed by atoms with Crippen molar-refractivity contribution in [3.8, 4) is 0 Å². The van der Waals surface area contributed by atoms with Gasteiger partial charge in [-0.25, -0.2) is 9.59 Å². The van der Waals surface area contributed by atoms with Gasteiger partial charge < -0.3 is 29.5 Å². The lowest BCUT2D eigenvalue weighted by atomic mass is 9.89. The number of piperazine rings is 1. The van der Waals surface area contributed by atoms with Crippen molar-refractivity contribution in [2.24, 2.45) is 0 Å². The summed E-state index contributed by atoms with van der Waals surface area (Å²) in [6.45, 7) is 15.1. The lowest BCUT2D eigenvalue weighted by Crippen LogP contribution is -2.59. The number of benzene rings is 2. The monoisotopic (exact) mass is 891 g/mol. The van der Waals surface area contributed by atoms with E-state index in [0.717, 1.165) is 86.6 Å². The first-order valence-electron chi connectivity index (χ1n) is 23.5. The van der Waals surface area contributed by atoms with Crippen LogP contribution in [0.3, 0.4) is 0 Å². The van der Waals surface area contributed by atoms with Gasteiger partial charge in [0.15, 0.2) is 6.73 Å². The lowest BCUT2D eigenvalue weighted by molar-refractivity contribution is -0.147. The summed E-state index contributed by atoms with van der Waals surface area (Å²) in [6.07, 6.45) is 12.6. The third-order valence-electron chi connectivity index (χ3n) is 13.4. The maximum atomic E-state index is 14.5. The standard InChI is InChI=1S/C50H66N8O7/c1-5-7-9-10-13-29-64-50(63)58-46-36(3)30-37(31-40(46)34-51-58)32-43(48(61)55-27-25-54(26-28-55)41-19-21-53(4)22-20-41)52-49(62)56-23-17-38(18-24-56)42-33-39-14-11-12-15-44(39)57(47(42)60)35-65-45(59)16-8-6-2/h5-6,11-12,14-15,30-31,33-34,38,41,43H,1-2,7-10,13,16-29,32,35H2,3-4H3,(H,52,62). The predicted octanol–water partition coefficient (Wildman–Crippen LogP) is 6.60. The zero-order chi connectivity index (χ0) is 45.9. The molecule has 4 aromatic rings. The molecule has 3 amide bonds.